The average molecular weight is 423 g/mol. The second kappa shape index (κ2) is 7.89. The summed E-state index contributed by atoms with van der Waals surface area (Å²) in [5, 5.41) is 9.38. The summed E-state index contributed by atoms with van der Waals surface area (Å²) in [6, 6.07) is 19.4. The van der Waals surface area contributed by atoms with E-state index in [4.69, 9.17) is 11.1 Å². The quantitative estimate of drug-likeness (QED) is 0.497. The van der Waals surface area contributed by atoms with Crippen molar-refractivity contribution in [1.82, 2.24) is 9.21 Å². The number of benzene rings is 3. The number of carbonyl (C=O) groups is 1. The van der Waals surface area contributed by atoms with Crippen molar-refractivity contribution in [2.24, 2.45) is 5.73 Å². The van der Waals surface area contributed by atoms with E-state index < -0.39 is 10.0 Å². The molecule has 0 spiro atoms. The topological polar surface area (TPSA) is 108 Å². The number of fused-ring (bicyclic) bond motifs is 1. The minimum absolute atomic E-state index is 0.101. The van der Waals surface area contributed by atoms with Crippen molar-refractivity contribution in [2.75, 3.05) is 26.2 Å². The number of nitrogen functional groups attached to an aromatic ring is 1. The molecule has 30 heavy (non-hydrogen) atoms. The highest BCUT2D eigenvalue weighted by Gasteiger charge is 2.30. The Labute approximate surface area is 175 Å². The molecule has 1 saturated heterocycles. The van der Waals surface area contributed by atoms with Gasteiger partial charge in [0, 0.05) is 37.3 Å². The Morgan fingerprint density at radius 1 is 0.833 bits per heavy atom. The number of amides is 1. The number of rotatable bonds is 4. The van der Waals surface area contributed by atoms with Crippen LogP contribution in [0.5, 0.6) is 0 Å². The number of sulfonamides is 1. The van der Waals surface area contributed by atoms with Gasteiger partial charge < -0.3 is 10.6 Å². The van der Waals surface area contributed by atoms with E-state index in [2.05, 4.69) is 0 Å². The van der Waals surface area contributed by atoms with Gasteiger partial charge in [-0.05, 0) is 35.0 Å². The molecular formula is C22H22N4O3S. The maximum absolute atomic E-state index is 13.1. The van der Waals surface area contributed by atoms with Crippen molar-refractivity contribution in [3.05, 3.63) is 77.9 Å². The highest BCUT2D eigenvalue weighted by molar-refractivity contribution is 7.89. The van der Waals surface area contributed by atoms with E-state index in [0.717, 1.165) is 10.8 Å². The zero-order valence-corrected chi connectivity index (χ0v) is 17.1. The van der Waals surface area contributed by atoms with Crippen molar-refractivity contribution in [3.63, 3.8) is 0 Å². The molecule has 4 rings (SSSR count). The van der Waals surface area contributed by atoms with Gasteiger partial charge in [0.15, 0.2) is 0 Å². The van der Waals surface area contributed by atoms with Crippen LogP contribution in [0.4, 0.5) is 0 Å². The van der Waals surface area contributed by atoms with Crippen LogP contribution in [0.3, 0.4) is 0 Å². The Bertz CT molecular complexity index is 1230. The number of nitrogens with one attached hydrogen (secondary N) is 1. The predicted molar refractivity (Wildman–Crippen MR) is 116 cm³/mol. The molecule has 1 heterocycles. The van der Waals surface area contributed by atoms with Gasteiger partial charge in [-0.25, -0.2) is 8.42 Å². The minimum Gasteiger partial charge on any atom is -0.384 e. The highest BCUT2D eigenvalue weighted by atomic mass is 32.2. The molecule has 3 N–H and O–H groups in total. The minimum atomic E-state index is -3.63. The van der Waals surface area contributed by atoms with Gasteiger partial charge in [0.25, 0.3) is 5.91 Å². The van der Waals surface area contributed by atoms with Gasteiger partial charge in [-0.15, -0.1) is 0 Å². The van der Waals surface area contributed by atoms with E-state index in [1.165, 1.54) is 4.31 Å². The molecule has 7 nitrogen and oxygen atoms in total. The molecule has 0 atom stereocenters. The zero-order valence-electron chi connectivity index (χ0n) is 16.3. The number of carbonyl (C=O) groups excluding carboxylic acids is 1. The third kappa shape index (κ3) is 3.79. The van der Waals surface area contributed by atoms with Crippen molar-refractivity contribution >= 4 is 32.5 Å². The van der Waals surface area contributed by atoms with E-state index >= 15 is 0 Å². The summed E-state index contributed by atoms with van der Waals surface area (Å²) < 4.78 is 27.6. The number of nitrogens with zero attached hydrogens (tertiary/aromatic N) is 2. The third-order valence-electron chi connectivity index (χ3n) is 5.31. The van der Waals surface area contributed by atoms with Crippen molar-refractivity contribution in [1.29, 1.82) is 5.41 Å². The van der Waals surface area contributed by atoms with Gasteiger partial charge >= 0.3 is 0 Å². The normalized spacial score (nSPS) is 15.3. The van der Waals surface area contributed by atoms with E-state index in [1.54, 1.807) is 41.3 Å². The fraction of sp³-hybridized carbons (Fsp3) is 0.182. The monoisotopic (exact) mass is 422 g/mol. The van der Waals surface area contributed by atoms with Gasteiger partial charge in [-0.3, -0.25) is 10.2 Å². The van der Waals surface area contributed by atoms with Crippen LogP contribution >= 0.6 is 0 Å². The fourth-order valence-electron chi connectivity index (χ4n) is 3.61. The van der Waals surface area contributed by atoms with Gasteiger partial charge in [0.1, 0.15) is 5.84 Å². The molecule has 1 aliphatic heterocycles. The SMILES string of the molecule is N=C(N)c1cccc(C(=O)N2CCN(S(=O)(=O)c3ccc4ccccc4c3)CC2)c1. The number of hydrogen-bond donors (Lipinski definition) is 2. The van der Waals surface area contributed by atoms with Gasteiger partial charge in [0.05, 0.1) is 4.90 Å². The Morgan fingerprint density at radius 2 is 1.50 bits per heavy atom. The van der Waals surface area contributed by atoms with Crippen molar-refractivity contribution in [2.45, 2.75) is 4.90 Å². The molecule has 8 heteroatoms. The average Bonchev–Trinajstić information content (AvgIpc) is 2.78. The van der Waals surface area contributed by atoms with Gasteiger partial charge in [-0.1, -0.05) is 42.5 Å². The predicted octanol–water partition coefficient (Wildman–Crippen LogP) is 2.27. The molecule has 3 aromatic carbocycles. The molecule has 1 fully saturated rings. The maximum Gasteiger partial charge on any atom is 0.253 e. The summed E-state index contributed by atoms with van der Waals surface area (Å²) in [7, 11) is -3.63. The zero-order chi connectivity index (χ0) is 21.3. The molecule has 0 aliphatic carbocycles. The second-order valence-corrected chi connectivity index (χ2v) is 9.14. The van der Waals surface area contributed by atoms with Crippen LogP contribution in [0.2, 0.25) is 0 Å². The molecule has 0 radical (unpaired) electrons. The molecule has 0 aromatic heterocycles. The summed E-state index contributed by atoms with van der Waals surface area (Å²) in [4.78, 5) is 14.7. The Hall–Kier alpha value is -3.23. The molecule has 1 aliphatic rings. The molecular weight excluding hydrogens is 400 g/mol. The first-order valence-corrected chi connectivity index (χ1v) is 11.0. The van der Waals surface area contributed by atoms with E-state index in [1.807, 2.05) is 30.3 Å². The summed E-state index contributed by atoms with van der Waals surface area (Å²) in [6.45, 7) is 1.06. The van der Waals surface area contributed by atoms with Gasteiger partial charge in [0.2, 0.25) is 10.0 Å². The number of piperazine rings is 1. The number of hydrogen-bond acceptors (Lipinski definition) is 4. The molecule has 1 amide bonds. The summed E-state index contributed by atoms with van der Waals surface area (Å²) in [5.74, 6) is -0.295. The highest BCUT2D eigenvalue weighted by Crippen LogP contribution is 2.23. The largest absolute Gasteiger partial charge is 0.384 e. The van der Waals surface area contributed by atoms with Gasteiger partial charge in [-0.2, -0.15) is 4.31 Å². The van der Waals surface area contributed by atoms with Crippen LogP contribution in [-0.4, -0.2) is 55.5 Å². The van der Waals surface area contributed by atoms with Crippen LogP contribution in [0.1, 0.15) is 15.9 Å². The molecule has 0 saturated carbocycles. The van der Waals surface area contributed by atoms with E-state index in [9.17, 15) is 13.2 Å². The third-order valence-corrected chi connectivity index (χ3v) is 7.20. The molecule has 0 unspecified atom stereocenters. The second-order valence-electron chi connectivity index (χ2n) is 7.20. The Balaban J connectivity index is 1.48. The molecule has 0 bridgehead atoms. The Morgan fingerprint density at radius 3 is 2.20 bits per heavy atom. The molecule has 3 aromatic rings. The summed E-state index contributed by atoms with van der Waals surface area (Å²) in [6.07, 6.45) is 0. The molecule has 154 valence electrons. The standard InChI is InChI=1S/C22H22N4O3S/c23-21(24)18-6-3-7-19(14-18)22(27)25-10-12-26(13-11-25)30(28,29)20-9-8-16-4-1-2-5-17(16)15-20/h1-9,14-15H,10-13H2,(H3,23,24). The summed E-state index contributed by atoms with van der Waals surface area (Å²) in [5.41, 5.74) is 6.43. The van der Waals surface area contributed by atoms with Crippen LogP contribution in [-0.2, 0) is 10.0 Å². The van der Waals surface area contributed by atoms with E-state index in [-0.39, 0.29) is 29.7 Å². The van der Waals surface area contributed by atoms with Crippen LogP contribution in [0.25, 0.3) is 10.8 Å². The lowest BCUT2D eigenvalue weighted by atomic mass is 10.1. The Kier molecular flexibility index (Phi) is 5.27. The smallest absolute Gasteiger partial charge is 0.253 e. The lowest BCUT2D eigenvalue weighted by Gasteiger charge is -2.34. The fourth-order valence-corrected chi connectivity index (χ4v) is 5.07. The maximum atomic E-state index is 13.1. The van der Waals surface area contributed by atoms with E-state index in [0.29, 0.717) is 24.2 Å². The number of amidine groups is 1. The first-order valence-electron chi connectivity index (χ1n) is 9.59. The summed E-state index contributed by atoms with van der Waals surface area (Å²) >= 11 is 0. The van der Waals surface area contributed by atoms with Crippen LogP contribution < -0.4 is 5.73 Å². The van der Waals surface area contributed by atoms with Crippen molar-refractivity contribution < 1.29 is 13.2 Å². The van der Waals surface area contributed by atoms with Crippen molar-refractivity contribution in [3.8, 4) is 0 Å². The number of nitrogens with two attached hydrogens (primary N) is 1. The first-order chi connectivity index (χ1) is 14.4. The first kappa shape index (κ1) is 20.1. The lowest BCUT2D eigenvalue weighted by molar-refractivity contribution is 0.0698. The van der Waals surface area contributed by atoms with Crippen LogP contribution in [0.15, 0.2) is 71.6 Å². The van der Waals surface area contributed by atoms with Crippen LogP contribution in [0, 0.1) is 5.41 Å². The lowest BCUT2D eigenvalue weighted by Crippen LogP contribution is -2.50.